The van der Waals surface area contributed by atoms with E-state index in [0.717, 1.165) is 4.47 Å². The van der Waals surface area contributed by atoms with Crippen LogP contribution in [0.25, 0.3) is 0 Å². The Morgan fingerprint density at radius 2 is 1.89 bits per heavy atom. The average molecular weight is 318 g/mol. The fourth-order valence-corrected chi connectivity index (χ4v) is 1.99. The molecule has 0 aliphatic carbocycles. The Labute approximate surface area is 117 Å². The molecule has 0 saturated heterocycles. The summed E-state index contributed by atoms with van der Waals surface area (Å²) in [7, 11) is 0. The van der Waals surface area contributed by atoms with Crippen LogP contribution in [0.3, 0.4) is 0 Å². The summed E-state index contributed by atoms with van der Waals surface area (Å²) in [5.74, 6) is -0.202. The van der Waals surface area contributed by atoms with Crippen molar-refractivity contribution in [2.45, 2.75) is 38.6 Å². The van der Waals surface area contributed by atoms with Crippen molar-refractivity contribution in [2.24, 2.45) is 0 Å². The van der Waals surface area contributed by atoms with Crippen molar-refractivity contribution in [3.05, 3.63) is 34.1 Å². The normalized spacial score (nSPS) is 12.8. The average Bonchev–Trinajstić information content (AvgIpc) is 2.30. The van der Waals surface area contributed by atoms with Gasteiger partial charge in [-0.3, -0.25) is 0 Å². The zero-order valence-electron chi connectivity index (χ0n) is 11.3. The number of nitrogens with one attached hydrogen (secondary N) is 1. The Balaban J connectivity index is 2.89. The lowest BCUT2D eigenvalue weighted by molar-refractivity contribution is 0.181. The number of benzene rings is 1. The first-order valence-electron chi connectivity index (χ1n) is 5.99. The van der Waals surface area contributed by atoms with Crippen LogP contribution in [0.1, 0.15) is 33.3 Å². The standard InChI is InChI=1S/C14H21BrFNO/c1-13(2,8-17-14(3,4)9-18)11-7-10(15)5-6-12(11)16/h5-7,17-18H,8-9H2,1-4H3. The first kappa shape index (κ1) is 15.6. The predicted octanol–water partition coefficient (Wildman–Crippen LogP) is 3.23. The summed E-state index contributed by atoms with van der Waals surface area (Å²) in [5.41, 5.74) is -0.0434. The molecule has 0 radical (unpaired) electrons. The van der Waals surface area contributed by atoms with Gasteiger partial charge in [-0.25, -0.2) is 4.39 Å². The Hall–Kier alpha value is -0.450. The molecular weight excluding hydrogens is 297 g/mol. The molecule has 0 aromatic heterocycles. The number of halogens is 2. The van der Waals surface area contributed by atoms with Gasteiger partial charge in [-0.2, -0.15) is 0 Å². The second-order valence-corrected chi connectivity index (χ2v) is 6.82. The molecule has 0 aliphatic heterocycles. The van der Waals surface area contributed by atoms with Crippen LogP contribution in [0.4, 0.5) is 4.39 Å². The maximum atomic E-state index is 13.9. The minimum absolute atomic E-state index is 0.0457. The summed E-state index contributed by atoms with van der Waals surface area (Å²) in [6, 6.07) is 4.97. The van der Waals surface area contributed by atoms with E-state index in [0.29, 0.717) is 12.1 Å². The third kappa shape index (κ3) is 4.04. The second kappa shape index (κ2) is 5.68. The molecule has 0 bridgehead atoms. The molecule has 0 unspecified atom stereocenters. The van der Waals surface area contributed by atoms with Gasteiger partial charge in [0.05, 0.1) is 6.61 Å². The van der Waals surface area contributed by atoms with E-state index >= 15 is 0 Å². The number of aliphatic hydroxyl groups is 1. The molecule has 18 heavy (non-hydrogen) atoms. The fraction of sp³-hybridized carbons (Fsp3) is 0.571. The molecule has 0 aliphatic rings. The molecule has 0 fully saturated rings. The zero-order valence-corrected chi connectivity index (χ0v) is 12.9. The Bertz CT molecular complexity index is 418. The van der Waals surface area contributed by atoms with Crippen LogP contribution in [0.15, 0.2) is 22.7 Å². The molecule has 0 atom stereocenters. The molecule has 0 heterocycles. The highest BCUT2D eigenvalue weighted by Gasteiger charge is 2.27. The molecule has 1 rings (SSSR count). The largest absolute Gasteiger partial charge is 0.394 e. The highest BCUT2D eigenvalue weighted by atomic mass is 79.9. The van der Waals surface area contributed by atoms with E-state index < -0.39 is 0 Å². The lowest BCUT2D eigenvalue weighted by Gasteiger charge is -2.32. The van der Waals surface area contributed by atoms with Crippen LogP contribution >= 0.6 is 15.9 Å². The zero-order chi connectivity index (χ0) is 14.0. The Morgan fingerprint density at radius 3 is 2.44 bits per heavy atom. The molecule has 1 aromatic carbocycles. The second-order valence-electron chi connectivity index (χ2n) is 5.90. The van der Waals surface area contributed by atoms with Crippen molar-refractivity contribution in [3.63, 3.8) is 0 Å². The van der Waals surface area contributed by atoms with Crippen LogP contribution in [-0.4, -0.2) is 23.8 Å². The van der Waals surface area contributed by atoms with Gasteiger partial charge in [0.2, 0.25) is 0 Å². The lowest BCUT2D eigenvalue weighted by Crippen LogP contribution is -2.48. The van der Waals surface area contributed by atoms with Crippen molar-refractivity contribution < 1.29 is 9.50 Å². The van der Waals surface area contributed by atoms with Crippen molar-refractivity contribution >= 4 is 15.9 Å². The van der Waals surface area contributed by atoms with Crippen molar-refractivity contribution in [1.82, 2.24) is 5.32 Å². The third-order valence-electron chi connectivity index (χ3n) is 3.06. The molecule has 0 saturated carbocycles. The Morgan fingerprint density at radius 1 is 1.28 bits per heavy atom. The lowest BCUT2D eigenvalue weighted by atomic mass is 9.83. The fourth-order valence-electron chi connectivity index (χ4n) is 1.63. The van der Waals surface area contributed by atoms with Gasteiger partial charge in [0.1, 0.15) is 5.82 Å². The first-order chi connectivity index (χ1) is 8.18. The van der Waals surface area contributed by atoms with E-state index in [4.69, 9.17) is 0 Å². The highest BCUT2D eigenvalue weighted by Crippen LogP contribution is 2.28. The van der Waals surface area contributed by atoms with Gasteiger partial charge in [0, 0.05) is 22.0 Å². The minimum atomic E-state index is -0.361. The Kier molecular flexibility index (Phi) is 4.92. The van der Waals surface area contributed by atoms with Gasteiger partial charge in [-0.15, -0.1) is 0 Å². The molecule has 102 valence electrons. The van der Waals surface area contributed by atoms with E-state index in [1.54, 1.807) is 6.07 Å². The molecule has 0 spiro atoms. The number of hydrogen-bond donors (Lipinski definition) is 2. The summed E-state index contributed by atoms with van der Waals surface area (Å²) in [6.45, 7) is 8.44. The van der Waals surface area contributed by atoms with Gasteiger partial charge < -0.3 is 10.4 Å². The molecule has 2 nitrogen and oxygen atoms in total. The molecule has 4 heteroatoms. The van der Waals surface area contributed by atoms with E-state index in [-0.39, 0.29) is 23.4 Å². The molecule has 0 amide bonds. The maximum absolute atomic E-state index is 13.9. The van der Waals surface area contributed by atoms with Crippen LogP contribution in [0, 0.1) is 5.82 Å². The SMILES string of the molecule is CC(C)(CO)NCC(C)(C)c1cc(Br)ccc1F. The quantitative estimate of drug-likeness (QED) is 0.874. The van der Waals surface area contributed by atoms with E-state index in [2.05, 4.69) is 21.2 Å². The smallest absolute Gasteiger partial charge is 0.127 e. The monoisotopic (exact) mass is 317 g/mol. The summed E-state index contributed by atoms with van der Waals surface area (Å²) in [6.07, 6.45) is 0. The minimum Gasteiger partial charge on any atom is -0.394 e. The molecule has 1 aromatic rings. The summed E-state index contributed by atoms with van der Waals surface area (Å²) < 4.78 is 14.7. The number of hydrogen-bond acceptors (Lipinski definition) is 2. The third-order valence-corrected chi connectivity index (χ3v) is 3.55. The van der Waals surface area contributed by atoms with Gasteiger partial charge in [0.15, 0.2) is 0 Å². The van der Waals surface area contributed by atoms with Crippen LogP contribution < -0.4 is 5.32 Å². The molecular formula is C14H21BrFNO. The van der Waals surface area contributed by atoms with Crippen LogP contribution in [-0.2, 0) is 5.41 Å². The number of rotatable bonds is 5. The summed E-state index contributed by atoms with van der Waals surface area (Å²) >= 11 is 3.37. The summed E-state index contributed by atoms with van der Waals surface area (Å²) in [5, 5.41) is 12.5. The van der Waals surface area contributed by atoms with Gasteiger partial charge in [0.25, 0.3) is 0 Å². The first-order valence-corrected chi connectivity index (χ1v) is 6.79. The van der Waals surface area contributed by atoms with E-state index in [1.807, 2.05) is 33.8 Å². The molecule has 2 N–H and O–H groups in total. The van der Waals surface area contributed by atoms with Crippen molar-refractivity contribution in [1.29, 1.82) is 0 Å². The topological polar surface area (TPSA) is 32.3 Å². The van der Waals surface area contributed by atoms with Gasteiger partial charge in [-0.1, -0.05) is 29.8 Å². The van der Waals surface area contributed by atoms with E-state index in [9.17, 15) is 9.50 Å². The van der Waals surface area contributed by atoms with Crippen LogP contribution in [0.5, 0.6) is 0 Å². The van der Waals surface area contributed by atoms with E-state index in [1.165, 1.54) is 6.07 Å². The van der Waals surface area contributed by atoms with Gasteiger partial charge >= 0.3 is 0 Å². The van der Waals surface area contributed by atoms with Crippen molar-refractivity contribution in [3.8, 4) is 0 Å². The van der Waals surface area contributed by atoms with Crippen LogP contribution in [0.2, 0.25) is 0 Å². The highest BCUT2D eigenvalue weighted by molar-refractivity contribution is 9.10. The van der Waals surface area contributed by atoms with Gasteiger partial charge in [-0.05, 0) is 37.6 Å². The number of aliphatic hydroxyl groups excluding tert-OH is 1. The predicted molar refractivity (Wildman–Crippen MR) is 76.3 cm³/mol. The maximum Gasteiger partial charge on any atom is 0.127 e. The summed E-state index contributed by atoms with van der Waals surface area (Å²) in [4.78, 5) is 0. The van der Waals surface area contributed by atoms with Crippen molar-refractivity contribution in [2.75, 3.05) is 13.2 Å².